The number of fused-ring (bicyclic) bond motifs is 1. The minimum Gasteiger partial charge on any atom is -0.491 e. The van der Waals surface area contributed by atoms with Crippen LogP contribution in [0.15, 0.2) is 49.3 Å². The lowest BCUT2D eigenvalue weighted by Crippen LogP contribution is -2.48. The van der Waals surface area contributed by atoms with Crippen molar-refractivity contribution in [3.05, 3.63) is 60.2 Å². The Morgan fingerprint density at radius 1 is 1.20 bits per heavy atom. The second-order valence-electron chi connectivity index (χ2n) is 10.0. The number of aromatic nitrogens is 2. The number of rotatable bonds is 11. The number of benzene rings is 2. The van der Waals surface area contributed by atoms with E-state index in [1.165, 1.54) is 24.5 Å². The summed E-state index contributed by atoms with van der Waals surface area (Å²) in [4.78, 5) is 37.0. The normalized spacial score (nSPS) is 17.8. The van der Waals surface area contributed by atoms with Gasteiger partial charge >= 0.3 is 5.97 Å². The molecule has 0 saturated carbocycles. The van der Waals surface area contributed by atoms with Gasteiger partial charge in [0.05, 0.1) is 22.8 Å². The minimum absolute atomic E-state index is 0.0128. The van der Waals surface area contributed by atoms with Crippen LogP contribution in [0.25, 0.3) is 10.9 Å². The van der Waals surface area contributed by atoms with Crippen molar-refractivity contribution in [3.63, 3.8) is 0 Å². The zero-order valence-electron chi connectivity index (χ0n) is 22.6. The second kappa shape index (κ2) is 13.2. The lowest BCUT2D eigenvalue weighted by molar-refractivity contribution is -0.142. The van der Waals surface area contributed by atoms with Gasteiger partial charge in [0, 0.05) is 62.8 Å². The van der Waals surface area contributed by atoms with E-state index in [0.29, 0.717) is 46.9 Å². The molecule has 2 fully saturated rings. The van der Waals surface area contributed by atoms with Crippen molar-refractivity contribution in [2.24, 2.45) is 0 Å². The topological polar surface area (TPSA) is 109 Å². The predicted octanol–water partition coefficient (Wildman–Crippen LogP) is 4.38. The molecule has 1 unspecified atom stereocenters. The number of halogens is 2. The van der Waals surface area contributed by atoms with Gasteiger partial charge in [-0.1, -0.05) is 18.2 Å². The molecular weight excluding hydrogens is 551 g/mol. The molecule has 2 aromatic carbocycles. The lowest BCUT2D eigenvalue weighted by Gasteiger charge is -2.35. The Balaban J connectivity index is 1.20. The molecular formula is C29H32ClFN6O4. The van der Waals surface area contributed by atoms with Gasteiger partial charge in [0.25, 0.3) is 0 Å². The largest absolute Gasteiger partial charge is 0.491 e. The summed E-state index contributed by atoms with van der Waals surface area (Å²) in [5, 5.41) is 6.56. The minimum atomic E-state index is -0.517. The smallest absolute Gasteiger partial charge is 0.306 e. The first-order valence-corrected chi connectivity index (χ1v) is 14.0. The second-order valence-corrected chi connectivity index (χ2v) is 10.4. The van der Waals surface area contributed by atoms with E-state index in [0.717, 1.165) is 52.1 Å². The molecule has 2 aliphatic rings. The third-order valence-electron chi connectivity index (χ3n) is 7.13. The molecule has 41 heavy (non-hydrogen) atoms. The molecule has 10 nitrogen and oxygen atoms in total. The number of nitrogens with zero attached hydrogens (tertiary/aromatic N) is 4. The van der Waals surface area contributed by atoms with E-state index in [9.17, 15) is 14.0 Å². The van der Waals surface area contributed by atoms with Crippen LogP contribution in [0.5, 0.6) is 5.75 Å². The Bertz CT molecular complexity index is 1430. The number of cyclic esters (lactones) is 1. The SMILES string of the molecule is C=CC(=O)Nc1cc2c(Nc3ccc(F)c(Cl)c3)ncnc2cc1OCCCN1CCN(CC2CCC(=O)O2)CC1. The average molecular weight is 583 g/mol. The quantitative estimate of drug-likeness (QED) is 0.193. The van der Waals surface area contributed by atoms with Crippen LogP contribution < -0.4 is 15.4 Å². The van der Waals surface area contributed by atoms with E-state index in [1.807, 2.05) is 0 Å². The van der Waals surface area contributed by atoms with Crippen molar-refractivity contribution in [2.75, 3.05) is 56.5 Å². The molecule has 2 N–H and O–H groups in total. The number of nitrogens with one attached hydrogen (secondary N) is 2. The Hall–Kier alpha value is -3.80. The maximum Gasteiger partial charge on any atom is 0.306 e. The summed E-state index contributed by atoms with van der Waals surface area (Å²) in [5.41, 5.74) is 1.61. The maximum atomic E-state index is 13.6. The van der Waals surface area contributed by atoms with Gasteiger partial charge < -0.3 is 25.0 Å². The van der Waals surface area contributed by atoms with E-state index in [-0.39, 0.29) is 23.0 Å². The highest BCUT2D eigenvalue weighted by molar-refractivity contribution is 6.31. The van der Waals surface area contributed by atoms with Crippen LogP contribution in [-0.4, -0.2) is 83.6 Å². The van der Waals surface area contributed by atoms with Crippen LogP contribution in [0.3, 0.4) is 0 Å². The number of hydrogen-bond donors (Lipinski definition) is 2. The van der Waals surface area contributed by atoms with E-state index in [4.69, 9.17) is 21.1 Å². The summed E-state index contributed by atoms with van der Waals surface area (Å²) in [6.07, 6.45) is 4.77. The van der Waals surface area contributed by atoms with Gasteiger partial charge in [0.15, 0.2) is 0 Å². The molecule has 0 radical (unpaired) electrons. The van der Waals surface area contributed by atoms with Gasteiger partial charge in [-0.25, -0.2) is 14.4 Å². The van der Waals surface area contributed by atoms with E-state index >= 15 is 0 Å². The molecule has 5 rings (SSSR count). The molecule has 2 aliphatic heterocycles. The molecule has 0 spiro atoms. The van der Waals surface area contributed by atoms with Gasteiger partial charge in [-0.05, 0) is 43.2 Å². The van der Waals surface area contributed by atoms with E-state index < -0.39 is 5.82 Å². The first-order chi connectivity index (χ1) is 19.9. The van der Waals surface area contributed by atoms with Crippen LogP contribution in [-0.2, 0) is 14.3 Å². The molecule has 3 heterocycles. The van der Waals surface area contributed by atoms with Gasteiger partial charge in [-0.2, -0.15) is 0 Å². The van der Waals surface area contributed by atoms with Crippen LogP contribution in [0.2, 0.25) is 5.02 Å². The van der Waals surface area contributed by atoms with Gasteiger partial charge in [0.2, 0.25) is 5.91 Å². The fourth-order valence-electron chi connectivity index (χ4n) is 4.96. The van der Waals surface area contributed by atoms with Crippen molar-refractivity contribution < 1.29 is 23.5 Å². The molecule has 3 aromatic rings. The standard InChI is InChI=1S/C29H32ClFN6O4/c1-2-27(38)35-25-15-21-24(32-18-33-29(21)34-19-4-6-23(31)22(30)14-19)16-26(25)40-13-3-8-36-9-11-37(12-10-36)17-20-5-7-28(39)41-20/h2,4,6,14-16,18,20H,1,3,5,7-13,17H2,(H,35,38)(H,32,33,34). The first-order valence-electron chi connectivity index (χ1n) is 13.6. The summed E-state index contributed by atoms with van der Waals surface area (Å²) < 4.78 is 25.1. The lowest BCUT2D eigenvalue weighted by atomic mass is 10.1. The van der Waals surface area contributed by atoms with E-state index in [1.54, 1.807) is 18.2 Å². The average Bonchev–Trinajstić information content (AvgIpc) is 3.38. The van der Waals surface area contributed by atoms with Crippen molar-refractivity contribution >= 4 is 51.6 Å². The molecule has 216 valence electrons. The van der Waals surface area contributed by atoms with Crippen molar-refractivity contribution in [1.82, 2.24) is 19.8 Å². The monoisotopic (exact) mass is 582 g/mol. The number of amides is 1. The first kappa shape index (κ1) is 28.7. The summed E-state index contributed by atoms with van der Waals surface area (Å²) in [7, 11) is 0. The molecule has 0 bridgehead atoms. The number of piperazine rings is 1. The highest BCUT2D eigenvalue weighted by Crippen LogP contribution is 2.34. The van der Waals surface area contributed by atoms with Crippen molar-refractivity contribution in [2.45, 2.75) is 25.4 Å². The summed E-state index contributed by atoms with van der Waals surface area (Å²) in [6.45, 7) is 9.45. The summed E-state index contributed by atoms with van der Waals surface area (Å²) in [5.74, 6) is -0.0404. The summed E-state index contributed by atoms with van der Waals surface area (Å²) >= 11 is 5.93. The number of carbonyl (C=O) groups excluding carboxylic acids is 2. The number of ether oxygens (including phenoxy) is 2. The molecule has 0 aliphatic carbocycles. The molecule has 12 heteroatoms. The Morgan fingerprint density at radius 3 is 2.73 bits per heavy atom. The zero-order valence-corrected chi connectivity index (χ0v) is 23.3. The van der Waals surface area contributed by atoms with Crippen LogP contribution in [0.4, 0.5) is 21.6 Å². The number of hydrogen-bond acceptors (Lipinski definition) is 9. The van der Waals surface area contributed by atoms with Crippen molar-refractivity contribution in [1.29, 1.82) is 0 Å². The fraction of sp³-hybridized carbons (Fsp3) is 0.379. The van der Waals surface area contributed by atoms with Gasteiger partial charge in [-0.15, -0.1) is 0 Å². The number of anilines is 3. The highest BCUT2D eigenvalue weighted by Gasteiger charge is 2.27. The third-order valence-corrected chi connectivity index (χ3v) is 7.42. The molecule has 1 amide bonds. The van der Waals surface area contributed by atoms with E-state index in [2.05, 4.69) is 37.0 Å². The predicted molar refractivity (Wildman–Crippen MR) is 155 cm³/mol. The van der Waals surface area contributed by atoms with Crippen LogP contribution in [0, 0.1) is 5.82 Å². The Labute approximate surface area is 242 Å². The highest BCUT2D eigenvalue weighted by atomic mass is 35.5. The van der Waals surface area contributed by atoms with Crippen LogP contribution >= 0.6 is 11.6 Å². The van der Waals surface area contributed by atoms with Crippen LogP contribution in [0.1, 0.15) is 19.3 Å². The Kier molecular flexibility index (Phi) is 9.28. The molecule has 1 atom stereocenters. The number of esters is 1. The summed E-state index contributed by atoms with van der Waals surface area (Å²) in [6, 6.07) is 7.78. The van der Waals surface area contributed by atoms with Gasteiger partial charge in [0.1, 0.15) is 29.8 Å². The van der Waals surface area contributed by atoms with Crippen molar-refractivity contribution in [3.8, 4) is 5.75 Å². The molecule has 1 aromatic heterocycles. The zero-order chi connectivity index (χ0) is 28.8. The molecule has 2 saturated heterocycles. The number of carbonyl (C=O) groups is 2. The van der Waals surface area contributed by atoms with Gasteiger partial charge in [-0.3, -0.25) is 14.5 Å². The fourth-order valence-corrected chi connectivity index (χ4v) is 5.14. The third kappa shape index (κ3) is 7.49. The Morgan fingerprint density at radius 2 is 2.00 bits per heavy atom. The maximum absolute atomic E-state index is 13.6.